The fourth-order valence-electron chi connectivity index (χ4n) is 0.832. The molecule has 0 unspecified atom stereocenters. The van der Waals surface area contributed by atoms with Gasteiger partial charge < -0.3 is 4.90 Å². The zero-order valence-electron chi connectivity index (χ0n) is 6.31. The predicted molar refractivity (Wildman–Crippen MR) is 54.0 cm³/mol. The number of anilines is 1. The van der Waals surface area contributed by atoms with Crippen molar-refractivity contribution in [3.8, 4) is 0 Å². The Morgan fingerprint density at radius 2 is 1.64 bits per heavy atom. The predicted octanol–water partition coefficient (Wildman–Crippen LogP) is 2.67. The minimum Gasteiger partial charge on any atom is -0.376 e. The van der Waals surface area contributed by atoms with E-state index in [0.717, 1.165) is 14.6 Å². The van der Waals surface area contributed by atoms with Gasteiger partial charge in [0.15, 0.2) is 0 Å². The highest BCUT2D eigenvalue weighted by Crippen LogP contribution is 2.31. The van der Waals surface area contributed by atoms with E-state index in [1.807, 2.05) is 19.0 Å². The third-order valence-corrected chi connectivity index (χ3v) is 2.44. The largest absolute Gasteiger partial charge is 0.376 e. The Morgan fingerprint density at radius 3 is 1.91 bits per heavy atom. The van der Waals surface area contributed by atoms with Crippen LogP contribution in [0.2, 0.25) is 0 Å². The van der Waals surface area contributed by atoms with E-state index in [4.69, 9.17) is 0 Å². The molecule has 0 aromatic carbocycles. The summed E-state index contributed by atoms with van der Waals surface area (Å²) in [6.45, 7) is 0. The fourth-order valence-corrected chi connectivity index (χ4v) is 2.47. The van der Waals surface area contributed by atoms with Crippen LogP contribution in [0.25, 0.3) is 0 Å². The van der Waals surface area contributed by atoms with Crippen LogP contribution in [-0.2, 0) is 0 Å². The second-order valence-corrected chi connectivity index (χ2v) is 4.05. The molecule has 1 aromatic rings. The molecule has 11 heavy (non-hydrogen) atoms. The van der Waals surface area contributed by atoms with Crippen molar-refractivity contribution in [3.05, 3.63) is 21.3 Å². The van der Waals surface area contributed by atoms with Gasteiger partial charge in [-0.3, -0.25) is 4.98 Å². The van der Waals surface area contributed by atoms with E-state index >= 15 is 0 Å². The molecule has 0 radical (unpaired) electrons. The van der Waals surface area contributed by atoms with Gasteiger partial charge in [0.25, 0.3) is 0 Å². The summed E-state index contributed by atoms with van der Waals surface area (Å²) >= 11 is 6.83. The van der Waals surface area contributed by atoms with E-state index in [1.54, 1.807) is 12.4 Å². The number of halogens is 2. The van der Waals surface area contributed by atoms with Gasteiger partial charge in [-0.2, -0.15) is 0 Å². The van der Waals surface area contributed by atoms with Gasteiger partial charge in [0.1, 0.15) is 0 Å². The van der Waals surface area contributed by atoms with E-state index < -0.39 is 0 Å². The van der Waals surface area contributed by atoms with Gasteiger partial charge in [0.2, 0.25) is 0 Å². The number of hydrogen-bond donors (Lipinski definition) is 0. The molecule has 2 nitrogen and oxygen atoms in total. The lowest BCUT2D eigenvalue weighted by Gasteiger charge is -2.15. The van der Waals surface area contributed by atoms with E-state index in [1.165, 1.54) is 0 Å². The summed E-state index contributed by atoms with van der Waals surface area (Å²) in [6.07, 6.45) is 3.56. The maximum Gasteiger partial charge on any atom is 0.0681 e. The van der Waals surface area contributed by atoms with Crippen LogP contribution in [0.3, 0.4) is 0 Å². The van der Waals surface area contributed by atoms with E-state index in [9.17, 15) is 0 Å². The Labute approximate surface area is 82.9 Å². The van der Waals surface area contributed by atoms with Crippen LogP contribution >= 0.6 is 31.9 Å². The van der Waals surface area contributed by atoms with E-state index in [2.05, 4.69) is 36.8 Å². The summed E-state index contributed by atoms with van der Waals surface area (Å²) in [6, 6.07) is 0. The Kier molecular flexibility index (Phi) is 2.90. The van der Waals surface area contributed by atoms with Gasteiger partial charge in [0, 0.05) is 26.5 Å². The molecule has 0 amide bonds. The lowest BCUT2D eigenvalue weighted by atomic mass is 10.4. The molecule has 1 rings (SSSR count). The number of aromatic nitrogens is 1. The summed E-state index contributed by atoms with van der Waals surface area (Å²) in [5.74, 6) is 0. The molecule has 0 fully saturated rings. The first-order valence-corrected chi connectivity index (χ1v) is 4.68. The maximum absolute atomic E-state index is 4.01. The van der Waals surface area contributed by atoms with Gasteiger partial charge >= 0.3 is 0 Å². The van der Waals surface area contributed by atoms with Gasteiger partial charge in [-0.05, 0) is 31.9 Å². The van der Waals surface area contributed by atoms with Crippen LogP contribution in [0.4, 0.5) is 5.69 Å². The molecule has 0 aliphatic carbocycles. The minimum absolute atomic E-state index is 0.997. The lowest BCUT2D eigenvalue weighted by molar-refractivity contribution is 1.10. The van der Waals surface area contributed by atoms with Gasteiger partial charge in [-0.25, -0.2) is 0 Å². The molecule has 1 heterocycles. The molecule has 1 aromatic heterocycles. The highest BCUT2D eigenvalue weighted by Gasteiger charge is 2.05. The van der Waals surface area contributed by atoms with Crippen molar-refractivity contribution in [2.45, 2.75) is 0 Å². The number of hydrogen-bond acceptors (Lipinski definition) is 2. The minimum atomic E-state index is 0.997. The highest BCUT2D eigenvalue weighted by molar-refractivity contribution is 9.11. The number of pyridine rings is 1. The Bertz CT molecular complexity index is 240. The topological polar surface area (TPSA) is 16.1 Å². The molecule has 0 spiro atoms. The Hall–Kier alpha value is -0.0900. The van der Waals surface area contributed by atoms with Crippen molar-refractivity contribution in [2.75, 3.05) is 19.0 Å². The quantitative estimate of drug-likeness (QED) is 0.786. The number of nitrogens with zero attached hydrogens (tertiary/aromatic N) is 2. The molecule has 0 N–H and O–H groups in total. The van der Waals surface area contributed by atoms with E-state index in [-0.39, 0.29) is 0 Å². The maximum atomic E-state index is 4.01. The standard InChI is InChI=1S/C7H8Br2N2/c1-11(2)7-5(8)3-10-4-6(7)9/h3-4H,1-2H3. The summed E-state index contributed by atoms with van der Waals surface area (Å²) < 4.78 is 1.99. The van der Waals surface area contributed by atoms with Crippen LogP contribution in [0.1, 0.15) is 0 Å². The third kappa shape index (κ3) is 1.93. The third-order valence-electron chi connectivity index (χ3n) is 1.28. The lowest BCUT2D eigenvalue weighted by Crippen LogP contribution is -2.10. The summed E-state index contributed by atoms with van der Waals surface area (Å²) in [4.78, 5) is 6.03. The first-order chi connectivity index (χ1) is 5.13. The van der Waals surface area contributed by atoms with Crippen molar-refractivity contribution in [3.63, 3.8) is 0 Å². The van der Waals surface area contributed by atoms with Crippen molar-refractivity contribution in [1.82, 2.24) is 4.98 Å². The zero-order valence-corrected chi connectivity index (χ0v) is 9.48. The molecule has 0 atom stereocenters. The average Bonchev–Trinajstić information content (AvgIpc) is 1.85. The molecule has 0 aliphatic rings. The fraction of sp³-hybridized carbons (Fsp3) is 0.286. The van der Waals surface area contributed by atoms with Crippen molar-refractivity contribution in [2.24, 2.45) is 0 Å². The summed E-state index contributed by atoms with van der Waals surface area (Å²) in [7, 11) is 3.98. The smallest absolute Gasteiger partial charge is 0.0681 e. The van der Waals surface area contributed by atoms with Crippen molar-refractivity contribution in [1.29, 1.82) is 0 Å². The Balaban J connectivity index is 3.21. The number of rotatable bonds is 1. The summed E-state index contributed by atoms with van der Waals surface area (Å²) in [5.41, 5.74) is 1.11. The van der Waals surface area contributed by atoms with Gasteiger partial charge in [0.05, 0.1) is 14.6 Å². The van der Waals surface area contributed by atoms with Crippen LogP contribution in [-0.4, -0.2) is 19.1 Å². The molecule has 0 bridgehead atoms. The highest BCUT2D eigenvalue weighted by atomic mass is 79.9. The molecule has 0 saturated heterocycles. The second kappa shape index (κ2) is 3.54. The first-order valence-electron chi connectivity index (χ1n) is 3.09. The van der Waals surface area contributed by atoms with Gasteiger partial charge in [-0.15, -0.1) is 0 Å². The molecule has 4 heteroatoms. The summed E-state index contributed by atoms with van der Waals surface area (Å²) in [5, 5.41) is 0. The molecule has 0 saturated carbocycles. The molecular formula is C7H8Br2N2. The van der Waals surface area contributed by atoms with Crippen LogP contribution < -0.4 is 4.90 Å². The molecular weight excluding hydrogens is 272 g/mol. The molecule has 0 aliphatic heterocycles. The van der Waals surface area contributed by atoms with Crippen molar-refractivity contribution < 1.29 is 0 Å². The Morgan fingerprint density at radius 1 is 1.18 bits per heavy atom. The average molecular weight is 280 g/mol. The monoisotopic (exact) mass is 278 g/mol. The van der Waals surface area contributed by atoms with E-state index in [0.29, 0.717) is 0 Å². The SMILES string of the molecule is CN(C)c1c(Br)cncc1Br. The van der Waals surface area contributed by atoms with Gasteiger partial charge in [-0.1, -0.05) is 0 Å². The van der Waals surface area contributed by atoms with Crippen LogP contribution in [0, 0.1) is 0 Å². The zero-order chi connectivity index (χ0) is 8.43. The second-order valence-electron chi connectivity index (χ2n) is 2.35. The van der Waals surface area contributed by atoms with Crippen molar-refractivity contribution >= 4 is 37.5 Å². The normalized spacial score (nSPS) is 9.82. The van der Waals surface area contributed by atoms with Crippen LogP contribution in [0.5, 0.6) is 0 Å². The van der Waals surface area contributed by atoms with Crippen LogP contribution in [0.15, 0.2) is 21.3 Å². The first kappa shape index (κ1) is 9.00. The molecule has 60 valence electrons.